The highest BCUT2D eigenvalue weighted by atomic mass is 19.2. The molecule has 0 saturated heterocycles. The Morgan fingerprint density at radius 1 is 0.692 bits per heavy atom. The quantitative estimate of drug-likeness (QED) is 0.283. The van der Waals surface area contributed by atoms with E-state index in [-0.39, 0.29) is 11.3 Å². The van der Waals surface area contributed by atoms with Crippen LogP contribution in [-0.4, -0.2) is 11.3 Å². The fraction of sp³-hybridized carbons (Fsp3) is 0. The molecule has 3 aromatic carbocycles. The second-order valence-corrected chi connectivity index (χ2v) is 5.29. The fourth-order valence-electron chi connectivity index (χ4n) is 2.36. The van der Waals surface area contributed by atoms with Gasteiger partial charge in [-0.15, -0.1) is 0 Å². The number of phenolic OH excluding ortho intramolecular Hbond substituents is 1. The van der Waals surface area contributed by atoms with Crippen LogP contribution in [-0.2, 0) is 0 Å². The number of rotatable bonds is 3. The zero-order chi connectivity index (χ0) is 18.8. The highest BCUT2D eigenvalue weighted by Crippen LogP contribution is 2.33. The smallest absolute Gasteiger partial charge is 0.200 e. The maximum absolute atomic E-state index is 13.7. The van der Waals surface area contributed by atoms with Crippen LogP contribution < -0.4 is 0 Å². The van der Waals surface area contributed by atoms with Gasteiger partial charge in [-0.1, -0.05) is 42.5 Å². The maximum Gasteiger partial charge on any atom is 0.200 e. The van der Waals surface area contributed by atoms with E-state index in [4.69, 9.17) is 0 Å². The van der Waals surface area contributed by atoms with Gasteiger partial charge in [0.05, 0.1) is 0 Å². The van der Waals surface area contributed by atoms with Crippen LogP contribution in [0.2, 0.25) is 0 Å². The van der Waals surface area contributed by atoms with Gasteiger partial charge in [0.1, 0.15) is 11.4 Å². The monoisotopic (exact) mass is 363 g/mol. The summed E-state index contributed by atoms with van der Waals surface area (Å²) in [6.07, 6.45) is 0.833. The normalized spacial score (nSPS) is 11.3. The highest BCUT2D eigenvalue weighted by molar-refractivity contribution is 5.89. The summed E-state index contributed by atoms with van der Waals surface area (Å²) in [5, 5.41) is 10.3. The Hall–Kier alpha value is -3.22. The van der Waals surface area contributed by atoms with E-state index in [9.17, 15) is 27.1 Å². The second-order valence-electron chi connectivity index (χ2n) is 5.29. The number of benzene rings is 3. The van der Waals surface area contributed by atoms with Gasteiger partial charge >= 0.3 is 0 Å². The van der Waals surface area contributed by atoms with Crippen molar-refractivity contribution in [3.63, 3.8) is 0 Å². The lowest BCUT2D eigenvalue weighted by Crippen LogP contribution is -2.01. The van der Waals surface area contributed by atoms with E-state index in [1.807, 2.05) is 0 Å². The third kappa shape index (κ3) is 3.03. The summed E-state index contributed by atoms with van der Waals surface area (Å²) in [5.74, 6) is -10.8. The first-order valence-electron chi connectivity index (χ1n) is 7.34. The molecule has 0 fully saturated rings. The number of nitrogens with zero attached hydrogens (tertiary/aromatic N) is 1. The van der Waals surface area contributed by atoms with Crippen molar-refractivity contribution in [1.82, 2.24) is 0 Å². The largest absolute Gasteiger partial charge is 0.507 e. The molecule has 0 aliphatic carbocycles. The Kier molecular flexibility index (Phi) is 4.71. The van der Waals surface area contributed by atoms with Gasteiger partial charge in [0, 0.05) is 17.3 Å². The minimum absolute atomic E-state index is 0.0512. The van der Waals surface area contributed by atoms with Crippen molar-refractivity contribution < 1.29 is 27.1 Å². The number of hydrogen-bond donors (Lipinski definition) is 1. The molecule has 0 aromatic heterocycles. The second kappa shape index (κ2) is 6.95. The third-order valence-electron chi connectivity index (χ3n) is 3.67. The molecule has 0 atom stereocenters. The van der Waals surface area contributed by atoms with E-state index < -0.39 is 34.8 Å². The average molecular weight is 363 g/mol. The first kappa shape index (κ1) is 17.6. The van der Waals surface area contributed by atoms with Gasteiger partial charge in [-0.3, -0.25) is 0 Å². The summed E-state index contributed by atoms with van der Waals surface area (Å²) < 4.78 is 66.8. The lowest BCUT2D eigenvalue weighted by Gasteiger charge is -2.07. The Bertz CT molecular complexity index is 974. The van der Waals surface area contributed by atoms with Crippen molar-refractivity contribution in [3.8, 4) is 16.9 Å². The molecular formula is C19H10F5NO. The Morgan fingerprint density at radius 2 is 1.27 bits per heavy atom. The predicted octanol–water partition coefficient (Wildman–Crippen LogP) is 5.51. The van der Waals surface area contributed by atoms with Crippen LogP contribution in [0.3, 0.4) is 0 Å². The van der Waals surface area contributed by atoms with Crippen LogP contribution in [0.1, 0.15) is 5.56 Å². The Labute approximate surface area is 144 Å². The van der Waals surface area contributed by atoms with Crippen molar-refractivity contribution in [1.29, 1.82) is 0 Å². The topological polar surface area (TPSA) is 32.6 Å². The first-order valence-corrected chi connectivity index (χ1v) is 7.34. The number of phenols is 1. The van der Waals surface area contributed by atoms with Crippen LogP contribution in [0.25, 0.3) is 11.1 Å². The predicted molar refractivity (Wildman–Crippen MR) is 87.0 cm³/mol. The van der Waals surface area contributed by atoms with Gasteiger partial charge in [0.2, 0.25) is 5.82 Å². The van der Waals surface area contributed by atoms with Crippen molar-refractivity contribution in [2.24, 2.45) is 4.99 Å². The number of halogens is 5. The lowest BCUT2D eigenvalue weighted by atomic mass is 10.0. The van der Waals surface area contributed by atoms with Gasteiger partial charge in [-0.05, 0) is 11.6 Å². The highest BCUT2D eigenvalue weighted by Gasteiger charge is 2.25. The van der Waals surface area contributed by atoms with Crippen molar-refractivity contribution in [2.45, 2.75) is 0 Å². The zero-order valence-corrected chi connectivity index (χ0v) is 13.0. The van der Waals surface area contributed by atoms with Crippen LogP contribution >= 0.6 is 0 Å². The Balaban J connectivity index is 2.06. The van der Waals surface area contributed by atoms with Crippen LogP contribution in [0.15, 0.2) is 53.5 Å². The molecule has 26 heavy (non-hydrogen) atoms. The summed E-state index contributed by atoms with van der Waals surface area (Å²) >= 11 is 0. The molecule has 0 aliphatic rings. The minimum atomic E-state index is -2.26. The molecule has 3 rings (SSSR count). The van der Waals surface area contributed by atoms with Gasteiger partial charge < -0.3 is 5.11 Å². The SMILES string of the molecule is Oc1c(C=Nc2c(F)c(F)c(F)c(F)c2F)cccc1-c1ccccc1. The number of aliphatic imine (C=N–C) groups is 1. The number of hydrogen-bond acceptors (Lipinski definition) is 2. The van der Waals surface area contributed by atoms with E-state index >= 15 is 0 Å². The Morgan fingerprint density at radius 3 is 1.88 bits per heavy atom. The summed E-state index contributed by atoms with van der Waals surface area (Å²) in [5.41, 5.74) is -0.176. The molecular weight excluding hydrogens is 353 g/mol. The minimum Gasteiger partial charge on any atom is -0.507 e. The van der Waals surface area contributed by atoms with E-state index in [2.05, 4.69) is 4.99 Å². The fourth-order valence-corrected chi connectivity index (χ4v) is 2.36. The molecule has 0 unspecified atom stereocenters. The summed E-state index contributed by atoms with van der Waals surface area (Å²) in [6, 6.07) is 13.3. The molecule has 0 bridgehead atoms. The molecule has 2 nitrogen and oxygen atoms in total. The summed E-state index contributed by atoms with van der Waals surface area (Å²) in [4.78, 5) is 3.35. The summed E-state index contributed by atoms with van der Waals surface area (Å²) in [6.45, 7) is 0. The van der Waals surface area contributed by atoms with E-state index in [0.29, 0.717) is 11.1 Å². The first-order chi connectivity index (χ1) is 12.4. The maximum atomic E-state index is 13.7. The van der Waals surface area contributed by atoms with Crippen LogP contribution in [0, 0.1) is 29.1 Å². The van der Waals surface area contributed by atoms with Gasteiger partial charge in [0.15, 0.2) is 23.3 Å². The molecule has 0 radical (unpaired) electrons. The van der Waals surface area contributed by atoms with E-state index in [1.54, 1.807) is 42.5 Å². The molecule has 0 aliphatic heterocycles. The van der Waals surface area contributed by atoms with Gasteiger partial charge in [-0.25, -0.2) is 26.9 Å². The van der Waals surface area contributed by atoms with Crippen molar-refractivity contribution in [3.05, 3.63) is 83.2 Å². The lowest BCUT2D eigenvalue weighted by molar-refractivity contribution is 0.381. The molecule has 3 aromatic rings. The summed E-state index contributed by atoms with van der Waals surface area (Å²) in [7, 11) is 0. The zero-order valence-electron chi connectivity index (χ0n) is 13.0. The molecule has 0 amide bonds. The van der Waals surface area contributed by atoms with Crippen molar-refractivity contribution >= 4 is 11.9 Å². The number of para-hydroxylation sites is 1. The molecule has 7 heteroatoms. The third-order valence-corrected chi connectivity index (χ3v) is 3.67. The van der Waals surface area contributed by atoms with Crippen molar-refractivity contribution in [2.75, 3.05) is 0 Å². The molecule has 0 spiro atoms. The van der Waals surface area contributed by atoms with E-state index in [0.717, 1.165) is 6.21 Å². The molecule has 1 N–H and O–H groups in total. The standard InChI is InChI=1S/C19H10F5NO/c20-13-14(21)16(23)18(17(24)15(13)22)25-9-11-7-4-8-12(19(11)26)10-5-2-1-3-6-10/h1-9,26H. The molecule has 0 saturated carbocycles. The van der Waals surface area contributed by atoms with Gasteiger partial charge in [-0.2, -0.15) is 0 Å². The number of aromatic hydroxyl groups is 1. The van der Waals surface area contributed by atoms with Crippen LogP contribution in [0.5, 0.6) is 5.75 Å². The average Bonchev–Trinajstić information content (AvgIpc) is 2.66. The van der Waals surface area contributed by atoms with E-state index in [1.165, 1.54) is 6.07 Å². The van der Waals surface area contributed by atoms with Gasteiger partial charge in [0.25, 0.3) is 0 Å². The molecule has 0 heterocycles. The molecule has 132 valence electrons. The van der Waals surface area contributed by atoms with Crippen LogP contribution in [0.4, 0.5) is 27.6 Å².